The minimum Gasteiger partial charge on any atom is -0.546 e. The van der Waals surface area contributed by atoms with Crippen LogP contribution >= 0.6 is 0 Å². The Balaban J connectivity index is 1.55. The fourth-order valence-electron chi connectivity index (χ4n) is 6.57. The maximum Gasteiger partial charge on any atom is 0.225 e. The van der Waals surface area contributed by atoms with Crippen molar-refractivity contribution < 1.29 is 13.6 Å². The van der Waals surface area contributed by atoms with Gasteiger partial charge in [0.05, 0.1) is 0 Å². The molecule has 2 aliphatic carbocycles. The molecule has 0 amide bonds. The van der Waals surface area contributed by atoms with E-state index in [1.54, 1.807) is 0 Å². The lowest BCUT2D eigenvalue weighted by atomic mass is 9.53. The van der Waals surface area contributed by atoms with E-state index < -0.39 is 19.5 Å². The maximum atomic E-state index is 6.97. The van der Waals surface area contributed by atoms with Crippen LogP contribution < -0.4 is 14.9 Å². The Morgan fingerprint density at radius 1 is 1.12 bits per heavy atom. The summed E-state index contributed by atoms with van der Waals surface area (Å²) >= 11 is 0. The maximum absolute atomic E-state index is 6.97. The van der Waals surface area contributed by atoms with Crippen molar-refractivity contribution >= 4 is 19.5 Å². The number of benzene rings is 1. The molecule has 0 saturated carbocycles. The Morgan fingerprint density at radius 2 is 1.88 bits per heavy atom. The Hall–Kier alpha value is -1.13. The summed E-state index contributed by atoms with van der Waals surface area (Å²) in [6.45, 7) is 16.7. The molecular weight excluding hydrogens is 456 g/mol. The number of hydrogen-bond donors (Lipinski definition) is 1. The lowest BCUT2D eigenvalue weighted by Crippen LogP contribution is -2.66. The fourth-order valence-corrected chi connectivity index (χ4v) is 8.37. The monoisotopic (exact) mass is 500 g/mol. The normalized spacial score (nSPS) is 32.6. The third-order valence-corrected chi connectivity index (χ3v) is 10.7. The molecule has 7 heteroatoms. The lowest BCUT2D eigenvalue weighted by molar-refractivity contribution is -0.0454. The minimum atomic E-state index is -0.727. The van der Waals surface area contributed by atoms with E-state index >= 15 is 0 Å². The second-order valence-corrected chi connectivity index (χ2v) is 18.7. The molecule has 5 atom stereocenters. The van der Waals surface area contributed by atoms with Crippen LogP contribution in [0, 0.1) is 5.92 Å². The molecule has 1 fully saturated rings. The van der Waals surface area contributed by atoms with Crippen LogP contribution in [0.25, 0.3) is 0 Å². The Morgan fingerprint density at radius 3 is 2.59 bits per heavy atom. The number of nitrogens with two attached hydrogens (primary N) is 1. The summed E-state index contributed by atoms with van der Waals surface area (Å²) in [7, 11) is -1.42. The minimum absolute atomic E-state index is 0.00115. The highest BCUT2D eigenvalue weighted by Gasteiger charge is 2.64. The van der Waals surface area contributed by atoms with Crippen LogP contribution in [-0.2, 0) is 16.3 Å². The van der Waals surface area contributed by atoms with E-state index in [0.29, 0.717) is 12.0 Å². The molecule has 2 aliphatic heterocycles. The molecule has 34 heavy (non-hydrogen) atoms. The van der Waals surface area contributed by atoms with Gasteiger partial charge in [0.1, 0.15) is 18.0 Å². The average molecular weight is 501 g/mol. The van der Waals surface area contributed by atoms with Gasteiger partial charge in [-0.2, -0.15) is 0 Å². The van der Waals surface area contributed by atoms with Crippen LogP contribution in [0.3, 0.4) is 0 Å². The molecule has 1 aromatic rings. The molecule has 188 valence electrons. The molecular formula is C27H44N2O3Si2. The molecule has 5 nitrogen and oxygen atoms in total. The molecule has 0 aromatic heterocycles. The second kappa shape index (κ2) is 8.77. The van der Waals surface area contributed by atoms with Gasteiger partial charge in [-0.1, -0.05) is 59.8 Å². The molecule has 5 rings (SSSR count). The van der Waals surface area contributed by atoms with Crippen molar-refractivity contribution in [3.05, 3.63) is 35.4 Å². The zero-order valence-corrected chi connectivity index (χ0v) is 24.9. The molecule has 1 spiro atoms. The Labute approximate surface area is 210 Å². The number of ether oxygens (including phenoxy) is 1. The summed E-state index contributed by atoms with van der Waals surface area (Å²) in [6, 6.07) is 5.04. The van der Waals surface area contributed by atoms with Gasteiger partial charge in [-0.3, -0.25) is 4.90 Å². The van der Waals surface area contributed by atoms with E-state index in [4.69, 9.17) is 19.3 Å². The van der Waals surface area contributed by atoms with Crippen molar-refractivity contribution in [1.82, 2.24) is 4.90 Å². The number of hydrogen-bond acceptors (Lipinski definition) is 5. The molecule has 2 bridgehead atoms. The Bertz CT molecular complexity index is 954. The Kier molecular flexibility index (Phi) is 6.33. The predicted octanol–water partition coefficient (Wildman–Crippen LogP) is 3.22. The standard InChI is InChI=1S/C27H44N2O3Si2/c1-25(2,3)33-31-20-10-8-17-16-19-18-9-11-21(32-34-26(4,5)6)24-27(18,22(17)23(20)30-24)12-15-29(19)14-7-13-28/h8-11,18-19,21,24H,7,12-16,28,33-34H2,1-6H3/t18-,19+,21?,24?,27-/m0/s1. The summed E-state index contributed by atoms with van der Waals surface area (Å²) in [5.41, 5.74) is 8.80. The summed E-state index contributed by atoms with van der Waals surface area (Å²) in [5.74, 6) is 2.47. The molecule has 4 aliphatic rings. The highest BCUT2D eigenvalue weighted by Crippen LogP contribution is 2.63. The molecule has 2 N–H and O–H groups in total. The van der Waals surface area contributed by atoms with Crippen LogP contribution in [0.1, 0.15) is 65.5 Å². The van der Waals surface area contributed by atoms with Crippen LogP contribution in [0.5, 0.6) is 11.5 Å². The molecule has 0 radical (unpaired) electrons. The second-order valence-electron chi connectivity index (χ2n) is 13.3. The zero-order chi connectivity index (χ0) is 24.3. The summed E-state index contributed by atoms with van der Waals surface area (Å²) in [5, 5.41) is 0.492. The van der Waals surface area contributed by atoms with E-state index in [1.807, 2.05) is 0 Å². The first kappa shape index (κ1) is 24.6. The number of likely N-dealkylation sites (tertiary alicyclic amines) is 1. The van der Waals surface area contributed by atoms with Gasteiger partial charge in [-0.25, -0.2) is 0 Å². The van der Waals surface area contributed by atoms with Crippen LogP contribution in [0.4, 0.5) is 0 Å². The van der Waals surface area contributed by atoms with Crippen molar-refractivity contribution in [2.75, 3.05) is 19.6 Å². The van der Waals surface area contributed by atoms with Crippen molar-refractivity contribution in [2.24, 2.45) is 11.7 Å². The van der Waals surface area contributed by atoms with Gasteiger partial charge in [0.15, 0.2) is 15.5 Å². The summed E-state index contributed by atoms with van der Waals surface area (Å²) < 4.78 is 20.2. The number of rotatable bonds is 7. The van der Waals surface area contributed by atoms with Gasteiger partial charge in [0.2, 0.25) is 9.76 Å². The van der Waals surface area contributed by atoms with Gasteiger partial charge in [0, 0.05) is 22.9 Å². The van der Waals surface area contributed by atoms with Crippen molar-refractivity contribution in [2.45, 2.75) is 94.5 Å². The highest BCUT2D eigenvalue weighted by molar-refractivity contribution is 6.33. The van der Waals surface area contributed by atoms with Crippen molar-refractivity contribution in [1.29, 1.82) is 0 Å². The average Bonchev–Trinajstić information content (AvgIpc) is 3.10. The van der Waals surface area contributed by atoms with Gasteiger partial charge in [-0.05, 0) is 60.6 Å². The van der Waals surface area contributed by atoms with Gasteiger partial charge in [-0.15, -0.1) is 0 Å². The van der Waals surface area contributed by atoms with E-state index in [0.717, 1.165) is 50.4 Å². The van der Waals surface area contributed by atoms with Crippen LogP contribution in [-0.4, -0.2) is 62.3 Å². The van der Waals surface area contributed by atoms with E-state index in [-0.39, 0.29) is 27.7 Å². The van der Waals surface area contributed by atoms with Crippen molar-refractivity contribution in [3.8, 4) is 11.5 Å². The third-order valence-electron chi connectivity index (χ3n) is 7.97. The van der Waals surface area contributed by atoms with Gasteiger partial charge >= 0.3 is 0 Å². The lowest BCUT2D eigenvalue weighted by Gasteiger charge is -2.57. The van der Waals surface area contributed by atoms with Gasteiger partial charge < -0.3 is 19.3 Å². The quantitative estimate of drug-likeness (QED) is 0.460. The molecule has 1 saturated heterocycles. The molecule has 1 aromatic carbocycles. The largest absolute Gasteiger partial charge is 0.546 e. The van der Waals surface area contributed by atoms with Crippen LogP contribution in [0.2, 0.25) is 10.1 Å². The summed E-state index contributed by atoms with van der Waals surface area (Å²) in [4.78, 5) is 2.70. The fraction of sp³-hybridized carbons (Fsp3) is 0.704. The smallest absolute Gasteiger partial charge is 0.225 e. The third kappa shape index (κ3) is 4.21. The van der Waals surface area contributed by atoms with Crippen LogP contribution in [0.15, 0.2) is 24.3 Å². The van der Waals surface area contributed by atoms with E-state index in [9.17, 15) is 0 Å². The molecule has 2 heterocycles. The topological polar surface area (TPSA) is 57.0 Å². The highest BCUT2D eigenvalue weighted by atomic mass is 28.2. The molecule has 2 unspecified atom stereocenters. The predicted molar refractivity (Wildman–Crippen MR) is 145 cm³/mol. The summed E-state index contributed by atoms with van der Waals surface area (Å²) in [6.07, 6.45) is 8.18. The number of nitrogens with zero attached hydrogens (tertiary/aromatic N) is 1. The van der Waals surface area contributed by atoms with Crippen molar-refractivity contribution in [3.63, 3.8) is 0 Å². The zero-order valence-electron chi connectivity index (χ0n) is 22.0. The first-order valence-electron chi connectivity index (χ1n) is 13.2. The first-order chi connectivity index (χ1) is 16.0. The number of piperidine rings is 1. The van der Waals surface area contributed by atoms with E-state index in [2.05, 4.69) is 70.7 Å². The first-order valence-corrected chi connectivity index (χ1v) is 15.8. The van der Waals surface area contributed by atoms with E-state index in [1.165, 1.54) is 11.1 Å². The SMILES string of the molecule is CC(C)(C)[SiH2]Oc1ccc2c3c1OC1C(O[SiH2]C(C)(C)C)C=C[C@H]4[C@@H](C2)N(CCCN)CC[C@]314. The van der Waals surface area contributed by atoms with Gasteiger partial charge in [0.25, 0.3) is 0 Å².